The van der Waals surface area contributed by atoms with Crippen LogP contribution in [0.25, 0.3) is 0 Å². The smallest absolute Gasteiger partial charge is 0.228 e. The van der Waals surface area contributed by atoms with E-state index in [9.17, 15) is 4.79 Å². The van der Waals surface area contributed by atoms with Crippen molar-refractivity contribution in [2.75, 3.05) is 4.90 Å². The number of rotatable bonds is 1. The van der Waals surface area contributed by atoms with Crippen LogP contribution in [0.15, 0.2) is 18.2 Å². The lowest BCUT2D eigenvalue weighted by Crippen LogP contribution is -2.44. The van der Waals surface area contributed by atoms with Gasteiger partial charge >= 0.3 is 0 Å². The van der Waals surface area contributed by atoms with Crippen LogP contribution in [0.5, 0.6) is 0 Å². The highest BCUT2D eigenvalue weighted by atomic mass is 16.2. The van der Waals surface area contributed by atoms with E-state index in [0.717, 1.165) is 11.3 Å². The fourth-order valence-corrected chi connectivity index (χ4v) is 2.54. The maximum absolute atomic E-state index is 12.1. The second-order valence-electron chi connectivity index (χ2n) is 5.54. The Labute approximate surface area is 108 Å². The Hall–Kier alpha value is -1.82. The summed E-state index contributed by atoms with van der Waals surface area (Å²) in [7, 11) is 0. The van der Waals surface area contributed by atoms with Gasteiger partial charge in [0.25, 0.3) is 0 Å². The molecule has 0 aliphatic carbocycles. The highest BCUT2D eigenvalue weighted by Gasteiger charge is 2.47. The number of nitriles is 1. The van der Waals surface area contributed by atoms with Gasteiger partial charge in [-0.1, -0.05) is 6.07 Å². The van der Waals surface area contributed by atoms with E-state index in [2.05, 4.69) is 6.07 Å². The van der Waals surface area contributed by atoms with Gasteiger partial charge in [-0.25, -0.2) is 0 Å². The Kier molecular flexibility index (Phi) is 2.90. The van der Waals surface area contributed by atoms with Gasteiger partial charge in [-0.15, -0.1) is 0 Å². The van der Waals surface area contributed by atoms with Crippen LogP contribution >= 0.6 is 0 Å². The maximum Gasteiger partial charge on any atom is 0.228 e. The summed E-state index contributed by atoms with van der Waals surface area (Å²) in [6, 6.07) is 8.25. The van der Waals surface area contributed by atoms with Gasteiger partial charge in [-0.05, 0) is 51.0 Å². The van der Waals surface area contributed by atoms with Crippen molar-refractivity contribution in [3.05, 3.63) is 29.3 Å². The SMILES string of the molecule is Cc1ccc(N2C(=O)CC(C#N)C2(C)C)cc1C. The van der Waals surface area contributed by atoms with E-state index in [1.807, 2.05) is 45.9 Å². The molecular formula is C15H18N2O. The summed E-state index contributed by atoms with van der Waals surface area (Å²) in [5.41, 5.74) is 2.83. The van der Waals surface area contributed by atoms with Gasteiger partial charge in [0.2, 0.25) is 5.91 Å². The lowest BCUT2D eigenvalue weighted by atomic mass is 9.89. The quantitative estimate of drug-likeness (QED) is 0.760. The number of nitrogens with zero attached hydrogens (tertiary/aromatic N) is 2. The third-order valence-corrected chi connectivity index (χ3v) is 3.96. The predicted octanol–water partition coefficient (Wildman–Crippen LogP) is 2.96. The summed E-state index contributed by atoms with van der Waals surface area (Å²) in [5.74, 6) is -0.207. The first kappa shape index (κ1) is 12.6. The third-order valence-electron chi connectivity index (χ3n) is 3.96. The number of carbonyl (C=O) groups is 1. The monoisotopic (exact) mass is 242 g/mol. The van der Waals surface area contributed by atoms with Gasteiger partial charge in [0.15, 0.2) is 0 Å². The number of aryl methyl sites for hydroxylation is 2. The molecule has 1 atom stereocenters. The molecule has 1 aromatic carbocycles. The van der Waals surface area contributed by atoms with E-state index >= 15 is 0 Å². The number of hydrogen-bond donors (Lipinski definition) is 0. The van der Waals surface area contributed by atoms with Gasteiger partial charge in [-0.3, -0.25) is 4.79 Å². The van der Waals surface area contributed by atoms with Crippen molar-refractivity contribution in [3.63, 3.8) is 0 Å². The highest BCUT2D eigenvalue weighted by Crippen LogP contribution is 2.39. The summed E-state index contributed by atoms with van der Waals surface area (Å²) < 4.78 is 0. The predicted molar refractivity (Wildman–Crippen MR) is 71.2 cm³/mol. The molecular weight excluding hydrogens is 224 g/mol. The van der Waals surface area contributed by atoms with Gasteiger partial charge in [0, 0.05) is 12.1 Å². The average Bonchev–Trinajstić information content (AvgIpc) is 2.52. The summed E-state index contributed by atoms with van der Waals surface area (Å²) in [6.07, 6.45) is 0.316. The Balaban J connectivity index is 2.47. The molecule has 2 rings (SSSR count). The molecule has 3 nitrogen and oxygen atoms in total. The van der Waals surface area contributed by atoms with Crippen LogP contribution in [0, 0.1) is 31.1 Å². The zero-order valence-electron chi connectivity index (χ0n) is 11.3. The average molecular weight is 242 g/mol. The molecule has 0 aromatic heterocycles. The molecule has 0 N–H and O–H groups in total. The van der Waals surface area contributed by atoms with Crippen molar-refractivity contribution in [2.24, 2.45) is 5.92 Å². The minimum atomic E-state index is -0.437. The molecule has 1 unspecified atom stereocenters. The van der Waals surface area contributed by atoms with Gasteiger partial charge in [0.1, 0.15) is 0 Å². The molecule has 0 saturated carbocycles. The molecule has 1 saturated heterocycles. The Morgan fingerprint density at radius 2 is 2.00 bits per heavy atom. The molecule has 1 aromatic rings. The van der Waals surface area contributed by atoms with Crippen LogP contribution in [0.1, 0.15) is 31.4 Å². The molecule has 1 amide bonds. The highest BCUT2D eigenvalue weighted by molar-refractivity contribution is 5.98. The van der Waals surface area contributed by atoms with Crippen LogP contribution in [-0.4, -0.2) is 11.4 Å². The molecule has 0 bridgehead atoms. The van der Waals surface area contributed by atoms with Crippen molar-refractivity contribution in [1.29, 1.82) is 5.26 Å². The molecule has 94 valence electrons. The lowest BCUT2D eigenvalue weighted by molar-refractivity contribution is -0.117. The maximum atomic E-state index is 12.1. The standard InChI is InChI=1S/C15H18N2O/c1-10-5-6-13(7-11(10)2)17-14(18)8-12(9-16)15(17,3)4/h5-7,12H,8H2,1-4H3. The zero-order valence-corrected chi connectivity index (χ0v) is 11.3. The van der Waals surface area contributed by atoms with Crippen LogP contribution < -0.4 is 4.90 Å². The number of amides is 1. The molecule has 1 aliphatic heterocycles. The molecule has 18 heavy (non-hydrogen) atoms. The lowest BCUT2D eigenvalue weighted by Gasteiger charge is -2.33. The minimum Gasteiger partial charge on any atom is -0.305 e. The summed E-state index contributed by atoms with van der Waals surface area (Å²) >= 11 is 0. The van der Waals surface area contributed by atoms with Crippen molar-refractivity contribution >= 4 is 11.6 Å². The van der Waals surface area contributed by atoms with Gasteiger partial charge < -0.3 is 4.90 Å². The van der Waals surface area contributed by atoms with Crippen LogP contribution in [0.2, 0.25) is 0 Å². The first-order valence-electron chi connectivity index (χ1n) is 6.18. The van der Waals surface area contributed by atoms with Crippen molar-refractivity contribution < 1.29 is 4.79 Å². The van der Waals surface area contributed by atoms with E-state index in [1.54, 1.807) is 4.90 Å². The molecule has 1 fully saturated rings. The van der Waals surface area contributed by atoms with E-state index in [-0.39, 0.29) is 11.8 Å². The Bertz CT molecular complexity index is 540. The Morgan fingerprint density at radius 1 is 1.33 bits per heavy atom. The van der Waals surface area contributed by atoms with Gasteiger partial charge in [-0.2, -0.15) is 5.26 Å². The molecule has 0 spiro atoms. The molecule has 0 radical (unpaired) electrons. The first-order chi connectivity index (χ1) is 8.37. The molecule has 1 aliphatic rings. The first-order valence-corrected chi connectivity index (χ1v) is 6.18. The summed E-state index contributed by atoms with van der Waals surface area (Å²) in [6.45, 7) is 8.00. The summed E-state index contributed by atoms with van der Waals surface area (Å²) in [5, 5.41) is 9.15. The second kappa shape index (κ2) is 4.13. The number of benzene rings is 1. The Morgan fingerprint density at radius 3 is 2.50 bits per heavy atom. The van der Waals surface area contributed by atoms with E-state index in [4.69, 9.17) is 5.26 Å². The topological polar surface area (TPSA) is 44.1 Å². The largest absolute Gasteiger partial charge is 0.305 e. The number of carbonyl (C=O) groups excluding carboxylic acids is 1. The normalized spacial score (nSPS) is 22.1. The molecule has 1 heterocycles. The van der Waals surface area contributed by atoms with Crippen LogP contribution in [0.4, 0.5) is 5.69 Å². The van der Waals surface area contributed by atoms with Crippen LogP contribution in [0.3, 0.4) is 0 Å². The van der Waals surface area contributed by atoms with E-state index < -0.39 is 5.54 Å². The minimum absolute atomic E-state index is 0.0369. The second-order valence-corrected chi connectivity index (χ2v) is 5.54. The van der Waals surface area contributed by atoms with Crippen LogP contribution in [-0.2, 0) is 4.79 Å². The van der Waals surface area contributed by atoms with E-state index in [1.165, 1.54) is 5.56 Å². The fourth-order valence-electron chi connectivity index (χ4n) is 2.54. The fraction of sp³-hybridized carbons (Fsp3) is 0.467. The number of hydrogen-bond acceptors (Lipinski definition) is 2. The van der Waals surface area contributed by atoms with Gasteiger partial charge in [0.05, 0.1) is 17.5 Å². The zero-order chi connectivity index (χ0) is 13.5. The van der Waals surface area contributed by atoms with Crippen molar-refractivity contribution in [2.45, 2.75) is 39.7 Å². The molecule has 3 heteroatoms. The van der Waals surface area contributed by atoms with Crippen molar-refractivity contribution in [3.8, 4) is 6.07 Å². The van der Waals surface area contributed by atoms with Crippen molar-refractivity contribution in [1.82, 2.24) is 0 Å². The van der Waals surface area contributed by atoms with E-state index in [0.29, 0.717) is 6.42 Å². The number of anilines is 1. The third kappa shape index (κ3) is 1.78. The summed E-state index contributed by atoms with van der Waals surface area (Å²) in [4.78, 5) is 13.9.